The molecule has 0 radical (unpaired) electrons. The predicted octanol–water partition coefficient (Wildman–Crippen LogP) is 0.513. The molecule has 2 rings (SSSR count). The van der Waals surface area contributed by atoms with Gasteiger partial charge >= 0.3 is 35.5 Å². The second-order valence-electron chi connectivity index (χ2n) is 3.62. The van der Waals surface area contributed by atoms with Gasteiger partial charge in [0.05, 0.1) is 13.2 Å². The van der Waals surface area contributed by atoms with Crippen LogP contribution in [0.1, 0.15) is 24.9 Å². The van der Waals surface area contributed by atoms with Gasteiger partial charge in [-0.05, 0) is 31.4 Å². The molecule has 0 aliphatic heterocycles. The monoisotopic (exact) mass is 290 g/mol. The minimum Gasteiger partial charge on any atom is -1.00 e. The van der Waals surface area contributed by atoms with Gasteiger partial charge in [0.1, 0.15) is 4.88 Å². The Morgan fingerprint density at radius 1 is 1.21 bits per heavy atom. The fourth-order valence-corrected chi connectivity index (χ4v) is 2.60. The van der Waals surface area contributed by atoms with Crippen molar-refractivity contribution < 1.29 is 50.4 Å². The summed E-state index contributed by atoms with van der Waals surface area (Å²) in [7, 11) is 0. The smallest absolute Gasteiger partial charge is 1.00 e. The Hall–Kier alpha value is -0.750. The molecule has 2 aromatic rings. The van der Waals surface area contributed by atoms with Gasteiger partial charge in [-0.3, -0.25) is 0 Å². The summed E-state index contributed by atoms with van der Waals surface area (Å²) in [5.74, 6) is 0.402. The zero-order valence-corrected chi connectivity index (χ0v) is 14.0. The van der Waals surface area contributed by atoms with Crippen molar-refractivity contribution in [1.82, 2.24) is 0 Å². The molecule has 98 valence electrons. The molecule has 0 aliphatic carbocycles. The molecule has 0 saturated carbocycles. The number of rotatable bonds is 5. The van der Waals surface area contributed by atoms with Gasteiger partial charge in [0.2, 0.25) is 0 Å². The Kier molecular flexibility index (Phi) is 6.13. The molecule has 1 aromatic heterocycles. The van der Waals surface area contributed by atoms with Crippen LogP contribution in [0.4, 0.5) is 0 Å². The van der Waals surface area contributed by atoms with E-state index in [2.05, 4.69) is 0 Å². The van der Waals surface area contributed by atoms with Gasteiger partial charge in [-0.1, -0.05) is 0 Å². The fourth-order valence-electron chi connectivity index (χ4n) is 1.69. The largest absolute Gasteiger partial charge is 1.00 e. The minimum absolute atomic E-state index is 0. The van der Waals surface area contributed by atoms with E-state index in [0.29, 0.717) is 29.6 Å². The van der Waals surface area contributed by atoms with Crippen LogP contribution in [0.3, 0.4) is 0 Å². The zero-order valence-electron chi connectivity index (χ0n) is 12.2. The summed E-state index contributed by atoms with van der Waals surface area (Å²) < 4.78 is 11.9. The molecule has 0 spiro atoms. The molecule has 19 heavy (non-hydrogen) atoms. The van der Waals surface area contributed by atoms with E-state index in [9.17, 15) is 4.79 Å². The number of aromatic carboxylic acids is 1. The van der Waals surface area contributed by atoms with Crippen LogP contribution >= 0.6 is 11.3 Å². The third-order valence-corrected chi connectivity index (χ3v) is 3.48. The zero-order chi connectivity index (χ0) is 13.1. The second-order valence-corrected chi connectivity index (χ2v) is 4.70. The molecule has 1 N–H and O–H groups in total. The van der Waals surface area contributed by atoms with Crippen molar-refractivity contribution in [3.8, 4) is 11.5 Å². The third kappa shape index (κ3) is 3.63. The van der Waals surface area contributed by atoms with E-state index < -0.39 is 5.97 Å². The first-order valence-corrected chi connectivity index (χ1v) is 6.53. The number of benzene rings is 1. The number of ether oxygens (including phenoxy) is 2. The summed E-state index contributed by atoms with van der Waals surface area (Å²) >= 11 is 1.24. The number of hydrogen-bond donors (Lipinski definition) is 1. The van der Waals surface area contributed by atoms with E-state index >= 15 is 0 Å². The molecular weight excluding hydrogens is 275 g/mol. The Bertz CT molecular complexity index is 542. The molecule has 0 aliphatic rings. The Balaban J connectivity index is 0.00000180. The van der Waals surface area contributed by atoms with Gasteiger partial charge in [0.15, 0.2) is 11.5 Å². The van der Waals surface area contributed by atoms with Crippen molar-refractivity contribution >= 4 is 27.4 Å². The van der Waals surface area contributed by atoms with Crippen molar-refractivity contribution in [2.45, 2.75) is 13.8 Å². The number of carboxylic acids is 1. The summed E-state index contributed by atoms with van der Waals surface area (Å²) in [5.41, 5.74) is 0. The van der Waals surface area contributed by atoms with Gasteiger partial charge in [-0.15, -0.1) is 11.3 Å². The van der Waals surface area contributed by atoms with Crippen molar-refractivity contribution in [2.24, 2.45) is 0 Å². The summed E-state index contributed by atoms with van der Waals surface area (Å²) in [6.07, 6.45) is 0. The average molecular weight is 290 g/mol. The maximum atomic E-state index is 10.9. The normalized spacial score (nSPS) is 10.0. The van der Waals surface area contributed by atoms with E-state index in [0.717, 1.165) is 10.1 Å². The number of thiophene rings is 1. The predicted molar refractivity (Wildman–Crippen MR) is 72.2 cm³/mol. The Morgan fingerprint density at radius 2 is 1.79 bits per heavy atom. The summed E-state index contributed by atoms with van der Waals surface area (Å²) in [5, 5.41) is 9.84. The minimum atomic E-state index is -0.910. The third-order valence-electron chi connectivity index (χ3n) is 2.39. The van der Waals surface area contributed by atoms with E-state index in [1.165, 1.54) is 11.3 Å². The average Bonchev–Trinajstić information content (AvgIpc) is 2.73. The van der Waals surface area contributed by atoms with Crippen molar-refractivity contribution in [3.05, 3.63) is 23.1 Å². The molecular formula is C13H15NaO4S. The maximum Gasteiger partial charge on any atom is 1.00 e. The summed E-state index contributed by atoms with van der Waals surface area (Å²) in [6, 6.07) is 5.31. The standard InChI is InChI=1S/C13H14O4S.Na.H/c1-3-16-9-5-8-6-12(13(14)15)18-11(8)7-10(9)17-4-2;;/h5-7H,3-4H2,1-2H3,(H,14,15);;/q;+1;-1. The van der Waals surface area contributed by atoms with Gasteiger partial charge < -0.3 is 16.0 Å². The molecule has 0 fully saturated rings. The molecule has 0 atom stereocenters. The molecule has 0 saturated heterocycles. The van der Waals surface area contributed by atoms with Crippen LogP contribution in [0.2, 0.25) is 0 Å². The molecule has 0 amide bonds. The van der Waals surface area contributed by atoms with Crippen molar-refractivity contribution in [2.75, 3.05) is 13.2 Å². The number of carboxylic acid groups (broad SMARTS) is 1. The van der Waals surface area contributed by atoms with Crippen LogP contribution in [-0.2, 0) is 0 Å². The van der Waals surface area contributed by atoms with Gasteiger partial charge in [0, 0.05) is 10.8 Å². The SMILES string of the molecule is CCOc1cc2cc(C(=O)O)sc2cc1OCC.[H-].[Na+]. The van der Waals surface area contributed by atoms with E-state index in [1.807, 2.05) is 26.0 Å². The maximum absolute atomic E-state index is 10.9. The number of carbonyl (C=O) groups is 1. The van der Waals surface area contributed by atoms with Crippen LogP contribution in [-0.4, -0.2) is 24.3 Å². The molecule has 1 heterocycles. The Labute approximate surface area is 139 Å². The van der Waals surface area contributed by atoms with Crippen molar-refractivity contribution in [1.29, 1.82) is 0 Å². The first kappa shape index (κ1) is 16.3. The summed E-state index contributed by atoms with van der Waals surface area (Å²) in [6.45, 7) is 4.89. The van der Waals surface area contributed by atoms with Crippen LogP contribution in [0, 0.1) is 0 Å². The van der Waals surface area contributed by atoms with E-state index in [-0.39, 0.29) is 31.0 Å². The molecule has 1 aromatic carbocycles. The molecule has 6 heteroatoms. The topological polar surface area (TPSA) is 55.8 Å². The molecule has 4 nitrogen and oxygen atoms in total. The molecule has 0 bridgehead atoms. The Morgan fingerprint density at radius 3 is 2.32 bits per heavy atom. The van der Waals surface area contributed by atoms with Crippen LogP contribution in [0.15, 0.2) is 18.2 Å². The number of hydrogen-bond acceptors (Lipinski definition) is 4. The van der Waals surface area contributed by atoms with Crippen molar-refractivity contribution in [3.63, 3.8) is 0 Å². The first-order chi connectivity index (χ1) is 8.65. The van der Waals surface area contributed by atoms with Gasteiger partial charge in [0.25, 0.3) is 0 Å². The quantitative estimate of drug-likeness (QED) is 0.815. The fraction of sp³-hybridized carbons (Fsp3) is 0.308. The van der Waals surface area contributed by atoms with Gasteiger partial charge in [-0.25, -0.2) is 4.79 Å². The van der Waals surface area contributed by atoms with Gasteiger partial charge in [-0.2, -0.15) is 0 Å². The number of fused-ring (bicyclic) bond motifs is 1. The summed E-state index contributed by atoms with van der Waals surface area (Å²) in [4.78, 5) is 11.3. The van der Waals surface area contributed by atoms with Crippen LogP contribution < -0.4 is 39.0 Å². The second kappa shape index (κ2) is 7.14. The van der Waals surface area contributed by atoms with E-state index in [4.69, 9.17) is 14.6 Å². The van der Waals surface area contributed by atoms with Crippen LogP contribution in [0.25, 0.3) is 10.1 Å². The molecule has 0 unspecified atom stereocenters. The van der Waals surface area contributed by atoms with Crippen LogP contribution in [0.5, 0.6) is 11.5 Å². The first-order valence-electron chi connectivity index (χ1n) is 5.72. The van der Waals surface area contributed by atoms with E-state index in [1.54, 1.807) is 6.07 Å².